The van der Waals surface area contributed by atoms with Crippen molar-refractivity contribution in [3.63, 3.8) is 0 Å². The zero-order chi connectivity index (χ0) is 28.7. The number of imidazole rings is 1. The third-order valence-electron chi connectivity index (χ3n) is 6.52. The van der Waals surface area contributed by atoms with Crippen molar-refractivity contribution in [2.24, 2.45) is 0 Å². The number of hydrogen-bond donors (Lipinski definition) is 3. The van der Waals surface area contributed by atoms with Gasteiger partial charge in [0.05, 0.1) is 11.0 Å². The van der Waals surface area contributed by atoms with Crippen LogP contribution in [0.15, 0.2) is 48.5 Å². The summed E-state index contributed by atoms with van der Waals surface area (Å²) >= 11 is 0. The minimum absolute atomic E-state index is 0.0538. The van der Waals surface area contributed by atoms with Gasteiger partial charge in [0.2, 0.25) is 5.91 Å². The highest BCUT2D eigenvalue weighted by Gasteiger charge is 2.18. The highest BCUT2D eigenvalue weighted by molar-refractivity contribution is 6.06. The Morgan fingerprint density at radius 1 is 1.00 bits per heavy atom. The molecule has 9 heteroatoms. The van der Waals surface area contributed by atoms with Crippen molar-refractivity contribution in [2.45, 2.75) is 78.4 Å². The largest absolute Gasteiger partial charge is 0.444 e. The third-order valence-corrected chi connectivity index (χ3v) is 6.52. The lowest BCUT2D eigenvalue weighted by molar-refractivity contribution is -0.116. The molecule has 2 heterocycles. The van der Waals surface area contributed by atoms with Gasteiger partial charge in [0.15, 0.2) is 5.82 Å². The SMILES string of the molecule is CCCCc1nc2c(N)nc3ccccc3c2n1Cc1ccc(NC(=O)CCCCNC(=O)OC(C)(C)C)cc1. The summed E-state index contributed by atoms with van der Waals surface area (Å²) in [6.45, 7) is 8.75. The van der Waals surface area contributed by atoms with Crippen molar-refractivity contribution in [3.05, 3.63) is 59.9 Å². The Bertz CT molecular complexity index is 1470. The average molecular weight is 545 g/mol. The van der Waals surface area contributed by atoms with Crippen molar-refractivity contribution in [3.8, 4) is 0 Å². The molecular formula is C31H40N6O3. The van der Waals surface area contributed by atoms with E-state index in [4.69, 9.17) is 15.5 Å². The topological polar surface area (TPSA) is 124 Å². The molecule has 0 saturated carbocycles. The molecule has 0 spiro atoms. The first kappa shape index (κ1) is 28.9. The zero-order valence-corrected chi connectivity index (χ0v) is 23.9. The number of aryl methyl sites for hydroxylation is 1. The lowest BCUT2D eigenvalue weighted by Gasteiger charge is -2.19. The first-order valence-corrected chi connectivity index (χ1v) is 14.0. The molecule has 2 aromatic carbocycles. The number of para-hydroxylation sites is 1. The summed E-state index contributed by atoms with van der Waals surface area (Å²) in [6, 6.07) is 15.9. The molecule has 4 rings (SSSR count). The van der Waals surface area contributed by atoms with Gasteiger partial charge in [-0.3, -0.25) is 4.79 Å². The summed E-state index contributed by atoms with van der Waals surface area (Å²) in [5.41, 5.74) is 10.3. The van der Waals surface area contributed by atoms with Gasteiger partial charge >= 0.3 is 6.09 Å². The van der Waals surface area contributed by atoms with E-state index in [2.05, 4.69) is 33.2 Å². The number of benzene rings is 2. The molecule has 0 bridgehead atoms. The first-order chi connectivity index (χ1) is 19.1. The zero-order valence-electron chi connectivity index (χ0n) is 23.9. The van der Waals surface area contributed by atoms with Gasteiger partial charge < -0.3 is 25.7 Å². The van der Waals surface area contributed by atoms with Gasteiger partial charge in [0, 0.05) is 37.0 Å². The van der Waals surface area contributed by atoms with E-state index in [1.165, 1.54) is 0 Å². The van der Waals surface area contributed by atoms with Gasteiger partial charge in [-0.1, -0.05) is 43.7 Å². The summed E-state index contributed by atoms with van der Waals surface area (Å²) < 4.78 is 7.47. The fourth-order valence-corrected chi connectivity index (χ4v) is 4.62. The van der Waals surface area contributed by atoms with Crippen LogP contribution in [0.2, 0.25) is 0 Å². The van der Waals surface area contributed by atoms with E-state index in [0.717, 1.165) is 58.3 Å². The molecule has 212 valence electrons. The van der Waals surface area contributed by atoms with Crippen LogP contribution < -0.4 is 16.4 Å². The van der Waals surface area contributed by atoms with Crippen LogP contribution in [0, 0.1) is 0 Å². The fraction of sp³-hybridized carbons (Fsp3) is 0.419. The number of aromatic nitrogens is 3. The predicted octanol–water partition coefficient (Wildman–Crippen LogP) is 6.19. The number of anilines is 2. The number of pyridine rings is 1. The molecule has 0 radical (unpaired) electrons. The highest BCUT2D eigenvalue weighted by Crippen LogP contribution is 2.30. The fourth-order valence-electron chi connectivity index (χ4n) is 4.62. The van der Waals surface area contributed by atoms with E-state index >= 15 is 0 Å². The van der Waals surface area contributed by atoms with Crippen molar-refractivity contribution >= 4 is 45.4 Å². The maximum atomic E-state index is 12.4. The molecule has 40 heavy (non-hydrogen) atoms. The van der Waals surface area contributed by atoms with E-state index in [0.29, 0.717) is 38.2 Å². The molecule has 0 aliphatic carbocycles. The van der Waals surface area contributed by atoms with Gasteiger partial charge in [-0.05, 0) is 63.8 Å². The minimum atomic E-state index is -0.525. The minimum Gasteiger partial charge on any atom is -0.444 e. The van der Waals surface area contributed by atoms with Crippen molar-refractivity contribution in [1.82, 2.24) is 19.9 Å². The molecule has 2 aromatic heterocycles. The Kier molecular flexibility index (Phi) is 9.24. The maximum absolute atomic E-state index is 12.4. The number of nitrogens with one attached hydrogen (secondary N) is 2. The van der Waals surface area contributed by atoms with Gasteiger partial charge in [-0.25, -0.2) is 14.8 Å². The van der Waals surface area contributed by atoms with E-state index in [1.54, 1.807) is 0 Å². The number of unbranched alkanes of at least 4 members (excludes halogenated alkanes) is 2. The number of ether oxygens (including phenoxy) is 1. The molecule has 2 amide bonds. The van der Waals surface area contributed by atoms with Gasteiger partial charge in [0.25, 0.3) is 0 Å². The second kappa shape index (κ2) is 12.8. The first-order valence-electron chi connectivity index (χ1n) is 14.0. The monoisotopic (exact) mass is 544 g/mol. The molecular weight excluding hydrogens is 504 g/mol. The van der Waals surface area contributed by atoms with Crippen molar-refractivity contribution < 1.29 is 14.3 Å². The molecule has 4 N–H and O–H groups in total. The molecule has 4 aromatic rings. The number of hydrogen-bond acceptors (Lipinski definition) is 6. The number of nitrogen functional groups attached to an aromatic ring is 1. The average Bonchev–Trinajstić information content (AvgIpc) is 3.26. The Labute approximate surface area is 235 Å². The van der Waals surface area contributed by atoms with Crippen LogP contribution in [0.5, 0.6) is 0 Å². The van der Waals surface area contributed by atoms with Crippen LogP contribution in [0.4, 0.5) is 16.3 Å². The van der Waals surface area contributed by atoms with Crippen LogP contribution in [0.25, 0.3) is 21.9 Å². The van der Waals surface area contributed by atoms with E-state index in [9.17, 15) is 9.59 Å². The maximum Gasteiger partial charge on any atom is 0.407 e. The summed E-state index contributed by atoms with van der Waals surface area (Å²) in [5.74, 6) is 1.39. The summed E-state index contributed by atoms with van der Waals surface area (Å²) in [5, 5.41) is 6.71. The molecule has 0 unspecified atom stereocenters. The molecule has 0 fully saturated rings. The van der Waals surface area contributed by atoms with E-state index < -0.39 is 11.7 Å². The molecule has 0 aliphatic rings. The molecule has 0 atom stereocenters. The normalized spacial score (nSPS) is 11.6. The number of nitrogens with zero attached hydrogens (tertiary/aromatic N) is 3. The van der Waals surface area contributed by atoms with Crippen LogP contribution >= 0.6 is 0 Å². The van der Waals surface area contributed by atoms with Crippen LogP contribution in [0.3, 0.4) is 0 Å². The molecule has 0 aliphatic heterocycles. The van der Waals surface area contributed by atoms with Gasteiger partial charge in [-0.15, -0.1) is 0 Å². The number of amides is 2. The third kappa shape index (κ3) is 7.49. The lowest BCUT2D eigenvalue weighted by atomic mass is 10.1. The number of carbonyl (C=O) groups is 2. The van der Waals surface area contributed by atoms with Crippen LogP contribution in [0.1, 0.15) is 71.2 Å². The summed E-state index contributed by atoms with van der Waals surface area (Å²) in [4.78, 5) is 33.6. The predicted molar refractivity (Wildman–Crippen MR) is 160 cm³/mol. The Morgan fingerprint density at radius 2 is 1.75 bits per heavy atom. The Balaban J connectivity index is 1.38. The Hall–Kier alpha value is -4.14. The second-order valence-electron chi connectivity index (χ2n) is 11.1. The number of rotatable bonds is 11. The number of fused-ring (bicyclic) bond motifs is 3. The van der Waals surface area contributed by atoms with Crippen LogP contribution in [-0.2, 0) is 22.5 Å². The quantitative estimate of drug-likeness (QED) is 0.193. The highest BCUT2D eigenvalue weighted by atomic mass is 16.6. The Morgan fingerprint density at radius 3 is 2.48 bits per heavy atom. The molecule has 0 saturated heterocycles. The summed E-state index contributed by atoms with van der Waals surface area (Å²) in [7, 11) is 0. The smallest absolute Gasteiger partial charge is 0.407 e. The summed E-state index contributed by atoms with van der Waals surface area (Å²) in [6.07, 6.45) is 4.27. The second-order valence-corrected chi connectivity index (χ2v) is 11.1. The van der Waals surface area contributed by atoms with Crippen molar-refractivity contribution in [2.75, 3.05) is 17.6 Å². The van der Waals surface area contributed by atoms with E-state index in [1.807, 2.05) is 63.2 Å². The van der Waals surface area contributed by atoms with E-state index in [-0.39, 0.29) is 5.91 Å². The lowest BCUT2D eigenvalue weighted by Crippen LogP contribution is -2.33. The molecule has 9 nitrogen and oxygen atoms in total. The number of carbonyl (C=O) groups excluding carboxylic acids is 2. The van der Waals surface area contributed by atoms with Crippen LogP contribution in [-0.4, -0.2) is 38.7 Å². The number of alkyl carbamates (subject to hydrolysis) is 1. The standard InChI is InChI=1S/C31H40N6O3/c1-5-6-13-25-36-27-28(23-11-7-8-12-24(23)35-29(27)32)37(25)20-21-15-17-22(18-16-21)34-26(38)14-9-10-19-33-30(39)40-31(2,3)4/h7-8,11-12,15-18H,5-6,9-10,13-14,19-20H2,1-4H3,(H2,32,35)(H,33,39)(H,34,38). The van der Waals surface area contributed by atoms with Crippen molar-refractivity contribution in [1.29, 1.82) is 0 Å². The van der Waals surface area contributed by atoms with Gasteiger partial charge in [0.1, 0.15) is 16.9 Å². The van der Waals surface area contributed by atoms with Gasteiger partial charge in [-0.2, -0.15) is 0 Å². The number of nitrogens with two attached hydrogens (primary N) is 1.